The first-order chi connectivity index (χ1) is 18.4. The average molecular weight is 543 g/mol. The molecule has 39 heavy (non-hydrogen) atoms. The molecule has 1 fully saturated rings. The van der Waals surface area contributed by atoms with E-state index >= 15 is 0 Å². The molecule has 6 rings (SSSR count). The molecule has 1 unspecified atom stereocenters. The quantitative estimate of drug-likeness (QED) is 0.349. The minimum Gasteiger partial charge on any atom is -0.382 e. The third kappa shape index (κ3) is 3.75. The molecule has 2 aliphatic carbocycles. The highest BCUT2D eigenvalue weighted by Crippen LogP contribution is 2.69. The lowest BCUT2D eigenvalue weighted by Crippen LogP contribution is -2.38. The van der Waals surface area contributed by atoms with Crippen LogP contribution >= 0.6 is 0 Å². The van der Waals surface area contributed by atoms with Gasteiger partial charge in [0, 0.05) is 18.0 Å². The first-order valence-electron chi connectivity index (χ1n) is 12.4. The van der Waals surface area contributed by atoms with Crippen LogP contribution in [0.4, 0.5) is 22.0 Å². The van der Waals surface area contributed by atoms with Gasteiger partial charge in [0.1, 0.15) is 11.6 Å². The third-order valence-corrected chi connectivity index (χ3v) is 8.34. The Balaban J connectivity index is 1.40. The summed E-state index contributed by atoms with van der Waals surface area (Å²) in [7, 11) is 0. The summed E-state index contributed by atoms with van der Waals surface area (Å²) in [5.41, 5.74) is 1.83. The van der Waals surface area contributed by atoms with E-state index < -0.39 is 35.9 Å². The Morgan fingerprint density at radius 3 is 2.54 bits per heavy atom. The number of rotatable bonds is 5. The van der Waals surface area contributed by atoms with Crippen molar-refractivity contribution >= 4 is 0 Å². The molecule has 12 heteroatoms. The van der Waals surface area contributed by atoms with Crippen LogP contribution in [0.15, 0.2) is 49.1 Å². The molecular formula is C27H23F5N6O. The molecular weight excluding hydrogens is 519 g/mol. The zero-order valence-electron chi connectivity index (χ0n) is 20.9. The molecule has 0 spiro atoms. The summed E-state index contributed by atoms with van der Waals surface area (Å²) in [4.78, 5) is 9.23. The minimum atomic E-state index is -4.76. The van der Waals surface area contributed by atoms with Gasteiger partial charge in [0.15, 0.2) is 6.10 Å². The Bertz CT molecular complexity index is 1560. The largest absolute Gasteiger partial charge is 0.416 e. The number of aliphatic hydroxyl groups is 1. The second kappa shape index (κ2) is 8.60. The summed E-state index contributed by atoms with van der Waals surface area (Å²) >= 11 is 0. The lowest BCUT2D eigenvalue weighted by atomic mass is 9.66. The second-order valence-corrected chi connectivity index (χ2v) is 10.6. The van der Waals surface area contributed by atoms with Crippen LogP contribution in [0.2, 0.25) is 0 Å². The summed E-state index contributed by atoms with van der Waals surface area (Å²) in [6.45, 7) is 3.45. The van der Waals surface area contributed by atoms with Crippen molar-refractivity contribution in [2.24, 2.45) is 5.41 Å². The Labute approximate surface area is 219 Å². The lowest BCUT2D eigenvalue weighted by Gasteiger charge is -2.37. The van der Waals surface area contributed by atoms with E-state index in [2.05, 4.69) is 34.1 Å². The number of hydrogen-bond acceptors (Lipinski definition) is 6. The van der Waals surface area contributed by atoms with E-state index in [0.29, 0.717) is 29.1 Å². The summed E-state index contributed by atoms with van der Waals surface area (Å²) in [5, 5.41) is 22.0. The van der Waals surface area contributed by atoms with Gasteiger partial charge in [0.2, 0.25) is 0 Å². The Morgan fingerprint density at radius 1 is 1.08 bits per heavy atom. The highest BCUT2D eigenvalue weighted by atomic mass is 19.4. The predicted molar refractivity (Wildman–Crippen MR) is 129 cm³/mol. The number of halogens is 5. The van der Waals surface area contributed by atoms with Crippen molar-refractivity contribution in [3.05, 3.63) is 77.6 Å². The molecule has 1 N–H and O–H groups in total. The van der Waals surface area contributed by atoms with Gasteiger partial charge in [-0.25, -0.2) is 13.8 Å². The molecule has 3 atom stereocenters. The van der Waals surface area contributed by atoms with Gasteiger partial charge in [0.05, 0.1) is 52.7 Å². The number of hydrogen-bond donors (Lipinski definition) is 1. The molecule has 7 nitrogen and oxygen atoms in total. The van der Waals surface area contributed by atoms with Crippen LogP contribution < -0.4 is 0 Å². The summed E-state index contributed by atoms with van der Waals surface area (Å²) < 4.78 is 68.3. The van der Waals surface area contributed by atoms with Crippen molar-refractivity contribution in [3.8, 4) is 22.5 Å². The van der Waals surface area contributed by atoms with Crippen molar-refractivity contribution < 1.29 is 27.1 Å². The van der Waals surface area contributed by atoms with E-state index in [1.165, 1.54) is 36.8 Å². The van der Waals surface area contributed by atoms with E-state index in [9.17, 15) is 27.1 Å². The molecule has 4 aromatic rings. The van der Waals surface area contributed by atoms with Crippen LogP contribution in [0, 0.1) is 17.0 Å². The lowest BCUT2D eigenvalue weighted by molar-refractivity contribution is -0.208. The standard InChI is InChI=1S/C27H23F5N6O/c1-25(2)16-6-7-26(25,24-15(16)8-19(36-37-24)23-17(28)4-3-5-18(23)29)21-11-33-10-20(35-21)14-9-34-38(12-14)13-22(39)27(30,31)32/h3-5,8-12,16,22,39H,6-7,13H2,1-2H3/t16-,22?,26-/m0/s1. The van der Waals surface area contributed by atoms with Gasteiger partial charge >= 0.3 is 6.18 Å². The predicted octanol–water partition coefficient (Wildman–Crippen LogP) is 5.20. The third-order valence-electron chi connectivity index (χ3n) is 8.34. The fraction of sp³-hybridized carbons (Fsp3) is 0.370. The maximum absolute atomic E-state index is 14.5. The Hall–Kier alpha value is -3.80. The first kappa shape index (κ1) is 25.5. The van der Waals surface area contributed by atoms with Gasteiger partial charge in [-0.1, -0.05) is 19.9 Å². The van der Waals surface area contributed by atoms with E-state index in [1.54, 1.807) is 12.3 Å². The second-order valence-electron chi connectivity index (χ2n) is 10.6. The van der Waals surface area contributed by atoms with Crippen LogP contribution in [0.1, 0.15) is 49.6 Å². The number of fused-ring (bicyclic) bond motifs is 5. The van der Waals surface area contributed by atoms with Crippen molar-refractivity contribution in [2.45, 2.75) is 56.8 Å². The molecule has 3 heterocycles. The van der Waals surface area contributed by atoms with Crippen molar-refractivity contribution in [1.29, 1.82) is 0 Å². The topological polar surface area (TPSA) is 89.6 Å². The average Bonchev–Trinajstić information content (AvgIpc) is 3.51. The van der Waals surface area contributed by atoms with Gasteiger partial charge in [-0.3, -0.25) is 9.67 Å². The molecule has 2 aliphatic rings. The summed E-state index contributed by atoms with van der Waals surface area (Å²) in [5.74, 6) is -1.40. The number of aromatic nitrogens is 6. The zero-order chi connectivity index (χ0) is 27.7. The molecule has 3 aromatic heterocycles. The van der Waals surface area contributed by atoms with Crippen LogP contribution in [-0.4, -0.2) is 47.3 Å². The zero-order valence-corrected chi connectivity index (χ0v) is 20.9. The van der Waals surface area contributed by atoms with E-state index in [1.807, 2.05) is 0 Å². The Kier molecular flexibility index (Phi) is 5.62. The van der Waals surface area contributed by atoms with Gasteiger partial charge in [0.25, 0.3) is 0 Å². The molecule has 1 saturated carbocycles. The normalized spacial score (nSPS) is 22.2. The van der Waals surface area contributed by atoms with Gasteiger partial charge in [-0.05, 0) is 47.9 Å². The SMILES string of the molecule is CC1(C)[C@H]2CC[C@]1(c1cncc(-c3cnn(CC(O)C(F)(F)F)c3)n1)c1nnc(-c3c(F)cccc3F)cc12. The van der Waals surface area contributed by atoms with E-state index in [0.717, 1.165) is 16.7 Å². The first-order valence-corrected chi connectivity index (χ1v) is 12.4. The van der Waals surface area contributed by atoms with Crippen LogP contribution in [-0.2, 0) is 12.0 Å². The van der Waals surface area contributed by atoms with Crippen LogP contribution in [0.5, 0.6) is 0 Å². The number of alkyl halides is 3. The number of nitrogens with zero attached hydrogens (tertiary/aromatic N) is 6. The van der Waals surface area contributed by atoms with Gasteiger partial charge in [-0.2, -0.15) is 23.4 Å². The Morgan fingerprint density at radius 2 is 1.82 bits per heavy atom. The van der Waals surface area contributed by atoms with E-state index in [-0.39, 0.29) is 22.6 Å². The fourth-order valence-electron chi connectivity index (χ4n) is 6.34. The molecule has 202 valence electrons. The highest BCUT2D eigenvalue weighted by molar-refractivity contribution is 5.64. The van der Waals surface area contributed by atoms with Crippen molar-refractivity contribution in [1.82, 2.24) is 29.9 Å². The molecule has 0 amide bonds. The maximum Gasteiger partial charge on any atom is 0.416 e. The molecule has 0 aliphatic heterocycles. The number of aliphatic hydroxyl groups excluding tert-OH is 1. The van der Waals surface area contributed by atoms with E-state index in [4.69, 9.17) is 4.98 Å². The summed E-state index contributed by atoms with van der Waals surface area (Å²) in [6, 6.07) is 5.36. The summed E-state index contributed by atoms with van der Waals surface area (Å²) in [6.07, 6.45) is 0.0761. The van der Waals surface area contributed by atoms with Crippen LogP contribution in [0.25, 0.3) is 22.5 Å². The highest BCUT2D eigenvalue weighted by Gasteiger charge is 2.65. The molecule has 2 bridgehead atoms. The van der Waals surface area contributed by atoms with Crippen LogP contribution in [0.3, 0.4) is 0 Å². The smallest absolute Gasteiger partial charge is 0.382 e. The van der Waals surface area contributed by atoms with Crippen molar-refractivity contribution in [2.75, 3.05) is 0 Å². The monoisotopic (exact) mass is 542 g/mol. The maximum atomic E-state index is 14.5. The van der Waals surface area contributed by atoms with Gasteiger partial charge < -0.3 is 5.11 Å². The molecule has 0 saturated heterocycles. The van der Waals surface area contributed by atoms with Gasteiger partial charge in [-0.15, -0.1) is 5.10 Å². The molecule has 0 radical (unpaired) electrons. The fourth-order valence-corrected chi connectivity index (χ4v) is 6.34. The van der Waals surface area contributed by atoms with Crippen molar-refractivity contribution in [3.63, 3.8) is 0 Å². The number of benzene rings is 1. The molecule has 1 aromatic carbocycles. The minimum absolute atomic E-state index is 0.0358.